The normalized spacial score (nSPS) is 10.6. The van der Waals surface area contributed by atoms with Crippen LogP contribution in [-0.4, -0.2) is 16.8 Å². The molecule has 2 N–H and O–H groups in total. The Hall–Kier alpha value is -3.06. The molecule has 150 valence electrons. The zero-order valence-corrected chi connectivity index (χ0v) is 17.1. The molecule has 0 aliphatic rings. The number of anilines is 1. The number of thiazole rings is 1. The van der Waals surface area contributed by atoms with Crippen molar-refractivity contribution in [2.24, 2.45) is 0 Å². The number of carbonyl (C=O) groups excluding carboxylic acids is 2. The van der Waals surface area contributed by atoms with Crippen LogP contribution in [-0.2, 0) is 24.2 Å². The molecular weight excluding hydrogens is 389 g/mol. The van der Waals surface area contributed by atoms with E-state index in [9.17, 15) is 14.0 Å². The van der Waals surface area contributed by atoms with Crippen LogP contribution in [0.1, 0.15) is 38.4 Å². The molecule has 3 aromatic rings. The molecule has 1 aromatic heterocycles. The molecule has 0 aliphatic heterocycles. The molecule has 0 atom stereocenters. The predicted molar refractivity (Wildman–Crippen MR) is 113 cm³/mol. The van der Waals surface area contributed by atoms with Gasteiger partial charge >= 0.3 is 0 Å². The van der Waals surface area contributed by atoms with E-state index in [1.54, 1.807) is 19.1 Å². The maximum absolute atomic E-state index is 13.0. The highest BCUT2D eigenvalue weighted by Crippen LogP contribution is 2.19. The summed E-state index contributed by atoms with van der Waals surface area (Å²) in [7, 11) is 0. The highest BCUT2D eigenvalue weighted by molar-refractivity contribution is 7.13. The first-order chi connectivity index (χ1) is 13.9. The molecule has 0 aliphatic carbocycles. The molecule has 0 fully saturated rings. The van der Waals surface area contributed by atoms with Crippen LogP contribution in [0.3, 0.4) is 0 Å². The Kier molecular flexibility index (Phi) is 6.72. The number of rotatable bonds is 7. The first-order valence-corrected chi connectivity index (χ1v) is 10.1. The third kappa shape index (κ3) is 5.71. The van der Waals surface area contributed by atoms with Gasteiger partial charge in [0, 0.05) is 12.2 Å². The van der Waals surface area contributed by atoms with Crippen LogP contribution in [0.15, 0.2) is 48.5 Å². The molecule has 0 saturated heterocycles. The van der Waals surface area contributed by atoms with Crippen LogP contribution < -0.4 is 10.6 Å². The van der Waals surface area contributed by atoms with Gasteiger partial charge in [-0.3, -0.25) is 9.59 Å². The number of carbonyl (C=O) groups is 2. The van der Waals surface area contributed by atoms with Gasteiger partial charge in [-0.1, -0.05) is 31.2 Å². The van der Waals surface area contributed by atoms with Gasteiger partial charge in [0.1, 0.15) is 15.7 Å². The number of benzene rings is 2. The molecule has 0 spiro atoms. The topological polar surface area (TPSA) is 71.1 Å². The molecule has 1 heterocycles. The third-order valence-electron chi connectivity index (χ3n) is 4.37. The van der Waals surface area contributed by atoms with Crippen molar-refractivity contribution in [3.05, 3.63) is 81.1 Å². The van der Waals surface area contributed by atoms with Gasteiger partial charge < -0.3 is 10.6 Å². The molecule has 0 unspecified atom stereocenters. The summed E-state index contributed by atoms with van der Waals surface area (Å²) < 4.78 is 13.0. The lowest BCUT2D eigenvalue weighted by Gasteiger charge is -2.05. The van der Waals surface area contributed by atoms with Gasteiger partial charge in [0.15, 0.2) is 0 Å². The van der Waals surface area contributed by atoms with E-state index >= 15 is 0 Å². The minimum absolute atomic E-state index is 0.103. The monoisotopic (exact) mass is 411 g/mol. The third-order valence-corrected chi connectivity index (χ3v) is 5.53. The Balaban J connectivity index is 1.57. The van der Waals surface area contributed by atoms with Crippen LogP contribution in [0.25, 0.3) is 0 Å². The Labute approximate surface area is 173 Å². The van der Waals surface area contributed by atoms with Gasteiger partial charge in [-0.15, -0.1) is 11.3 Å². The Morgan fingerprint density at radius 2 is 1.69 bits per heavy atom. The molecule has 0 saturated carbocycles. The van der Waals surface area contributed by atoms with Crippen molar-refractivity contribution in [3.8, 4) is 0 Å². The quantitative estimate of drug-likeness (QED) is 0.610. The molecule has 0 bridgehead atoms. The van der Waals surface area contributed by atoms with Gasteiger partial charge in [0.25, 0.3) is 5.91 Å². The van der Waals surface area contributed by atoms with Crippen LogP contribution in [0.5, 0.6) is 0 Å². The lowest BCUT2D eigenvalue weighted by atomic mass is 10.1. The predicted octanol–water partition coefficient (Wildman–Crippen LogP) is 4.26. The maximum Gasteiger partial charge on any atom is 0.263 e. The first-order valence-electron chi connectivity index (χ1n) is 9.32. The summed E-state index contributed by atoms with van der Waals surface area (Å²) in [5.74, 6) is -0.755. The van der Waals surface area contributed by atoms with Gasteiger partial charge in [0.05, 0.1) is 12.1 Å². The number of halogens is 1. The fourth-order valence-corrected chi connectivity index (χ4v) is 3.75. The van der Waals surface area contributed by atoms with E-state index in [-0.39, 0.29) is 24.1 Å². The van der Waals surface area contributed by atoms with E-state index in [4.69, 9.17) is 0 Å². The second-order valence-corrected chi connectivity index (χ2v) is 7.69. The van der Waals surface area contributed by atoms with E-state index in [2.05, 4.69) is 22.5 Å². The zero-order chi connectivity index (χ0) is 20.8. The van der Waals surface area contributed by atoms with E-state index in [0.29, 0.717) is 22.1 Å². The molecule has 3 rings (SSSR count). The standard InChI is InChI=1S/C22H22FN3O2S/c1-3-15-6-10-18(11-7-15)26-19(27)12-20-25-14(2)21(29-20)22(28)24-13-16-4-8-17(23)9-5-16/h4-11H,3,12-13H2,1-2H3,(H,24,28)(H,26,27). The van der Waals surface area contributed by atoms with Gasteiger partial charge in [0.2, 0.25) is 5.91 Å². The number of aryl methyl sites for hydroxylation is 2. The molecule has 0 radical (unpaired) electrons. The Morgan fingerprint density at radius 3 is 2.34 bits per heavy atom. The number of hydrogen-bond donors (Lipinski definition) is 2. The van der Waals surface area contributed by atoms with Crippen molar-refractivity contribution in [3.63, 3.8) is 0 Å². The molecule has 2 amide bonds. The summed E-state index contributed by atoms with van der Waals surface area (Å²) in [5, 5.41) is 6.23. The lowest BCUT2D eigenvalue weighted by molar-refractivity contribution is -0.115. The molecule has 5 nitrogen and oxygen atoms in total. The van der Waals surface area contributed by atoms with E-state index in [0.717, 1.165) is 17.7 Å². The summed E-state index contributed by atoms with van der Waals surface area (Å²) in [6.45, 7) is 4.11. The highest BCUT2D eigenvalue weighted by Gasteiger charge is 2.17. The van der Waals surface area contributed by atoms with Crippen LogP contribution >= 0.6 is 11.3 Å². The lowest BCUT2D eigenvalue weighted by Crippen LogP contribution is -2.22. The minimum atomic E-state index is -0.317. The number of aromatic nitrogens is 1. The summed E-state index contributed by atoms with van der Waals surface area (Å²) >= 11 is 1.21. The maximum atomic E-state index is 13.0. The largest absolute Gasteiger partial charge is 0.347 e. The van der Waals surface area contributed by atoms with Crippen LogP contribution in [0.4, 0.5) is 10.1 Å². The Morgan fingerprint density at radius 1 is 1.03 bits per heavy atom. The first kappa shape index (κ1) is 20.7. The van der Waals surface area contributed by atoms with Crippen molar-refractivity contribution in [2.75, 3.05) is 5.32 Å². The fraction of sp³-hybridized carbons (Fsp3) is 0.227. The molecule has 2 aromatic carbocycles. The minimum Gasteiger partial charge on any atom is -0.347 e. The van der Waals surface area contributed by atoms with Gasteiger partial charge in [-0.05, 0) is 48.7 Å². The molecule has 29 heavy (non-hydrogen) atoms. The Bertz CT molecular complexity index is 998. The number of nitrogens with one attached hydrogen (secondary N) is 2. The number of amides is 2. The van der Waals surface area contributed by atoms with Crippen molar-refractivity contribution >= 4 is 28.8 Å². The van der Waals surface area contributed by atoms with E-state index in [1.165, 1.54) is 29.0 Å². The van der Waals surface area contributed by atoms with Crippen molar-refractivity contribution in [2.45, 2.75) is 33.2 Å². The molecular formula is C22H22FN3O2S. The second-order valence-electron chi connectivity index (χ2n) is 6.61. The summed E-state index contributed by atoms with van der Waals surface area (Å²) in [5.41, 5.74) is 3.32. The summed E-state index contributed by atoms with van der Waals surface area (Å²) in [4.78, 5) is 29.6. The fourth-order valence-electron chi connectivity index (χ4n) is 2.77. The van der Waals surface area contributed by atoms with E-state index in [1.807, 2.05) is 24.3 Å². The number of hydrogen-bond acceptors (Lipinski definition) is 4. The second kappa shape index (κ2) is 9.43. The summed E-state index contributed by atoms with van der Waals surface area (Å²) in [6, 6.07) is 13.7. The van der Waals surface area contributed by atoms with E-state index < -0.39 is 0 Å². The van der Waals surface area contributed by atoms with Crippen molar-refractivity contribution in [1.82, 2.24) is 10.3 Å². The van der Waals surface area contributed by atoms with Gasteiger partial charge in [-0.2, -0.15) is 0 Å². The van der Waals surface area contributed by atoms with Gasteiger partial charge in [-0.25, -0.2) is 9.37 Å². The van der Waals surface area contributed by atoms with Crippen molar-refractivity contribution in [1.29, 1.82) is 0 Å². The average molecular weight is 412 g/mol. The van der Waals surface area contributed by atoms with Crippen molar-refractivity contribution < 1.29 is 14.0 Å². The van der Waals surface area contributed by atoms with Crippen LogP contribution in [0, 0.1) is 12.7 Å². The zero-order valence-electron chi connectivity index (χ0n) is 16.3. The number of nitrogens with zero attached hydrogens (tertiary/aromatic N) is 1. The molecule has 7 heteroatoms. The smallest absolute Gasteiger partial charge is 0.263 e. The SMILES string of the molecule is CCc1ccc(NC(=O)Cc2nc(C)c(C(=O)NCc3ccc(F)cc3)s2)cc1. The summed E-state index contributed by atoms with van der Waals surface area (Å²) in [6.07, 6.45) is 1.05. The highest BCUT2D eigenvalue weighted by atomic mass is 32.1. The van der Waals surface area contributed by atoms with Crippen LogP contribution in [0.2, 0.25) is 0 Å². The average Bonchev–Trinajstić information content (AvgIpc) is 3.07.